The van der Waals surface area contributed by atoms with Crippen LogP contribution in [-0.4, -0.2) is 29.3 Å². The second kappa shape index (κ2) is 8.06. The normalized spacial score (nSPS) is 16.6. The van der Waals surface area contributed by atoms with E-state index in [9.17, 15) is 14.0 Å². The van der Waals surface area contributed by atoms with Crippen LogP contribution in [-0.2, 0) is 11.3 Å². The molecule has 2 aromatic rings. The second-order valence-corrected chi connectivity index (χ2v) is 6.97. The maximum absolute atomic E-state index is 12.9. The van der Waals surface area contributed by atoms with Gasteiger partial charge in [0.2, 0.25) is 5.91 Å². The van der Waals surface area contributed by atoms with Crippen LogP contribution in [0, 0.1) is 5.82 Å². The predicted octanol–water partition coefficient (Wildman–Crippen LogP) is 4.05. The largest absolute Gasteiger partial charge is 0.350 e. The number of carbonyl (C=O) groups excluding carboxylic acids is 2. The van der Waals surface area contributed by atoms with Gasteiger partial charge in [0.25, 0.3) is 5.91 Å². The van der Waals surface area contributed by atoms with Crippen molar-refractivity contribution in [2.45, 2.75) is 25.4 Å². The Morgan fingerprint density at radius 2 is 1.88 bits per heavy atom. The van der Waals surface area contributed by atoms with Gasteiger partial charge in [-0.05, 0) is 48.7 Å². The quantitative estimate of drug-likeness (QED) is 0.849. The Morgan fingerprint density at radius 3 is 2.62 bits per heavy atom. The van der Waals surface area contributed by atoms with Gasteiger partial charge < -0.3 is 10.2 Å². The molecule has 1 heterocycles. The molecule has 2 aromatic carbocycles. The molecular formula is C19H17Cl2FN2O2. The standard InChI is InChI=1S/C19H17Cl2FN2O2/c20-13-5-8-16(21)15(10-13)19(26)24-9-1-2-17(24)18(25)23-11-12-3-6-14(22)7-4-12/h3-8,10,17H,1-2,9,11H2,(H,23,25). The van der Waals surface area contributed by atoms with Gasteiger partial charge in [0.15, 0.2) is 0 Å². The molecule has 7 heteroatoms. The number of hydrogen-bond acceptors (Lipinski definition) is 2. The summed E-state index contributed by atoms with van der Waals surface area (Å²) in [4.78, 5) is 26.9. The van der Waals surface area contributed by atoms with Crippen molar-refractivity contribution in [2.24, 2.45) is 0 Å². The average molecular weight is 395 g/mol. The van der Waals surface area contributed by atoms with Crippen molar-refractivity contribution in [2.75, 3.05) is 6.54 Å². The minimum atomic E-state index is -0.557. The third-order valence-electron chi connectivity index (χ3n) is 4.36. The summed E-state index contributed by atoms with van der Waals surface area (Å²) in [6.45, 7) is 0.756. The zero-order chi connectivity index (χ0) is 18.7. The van der Waals surface area contributed by atoms with Crippen LogP contribution in [0.3, 0.4) is 0 Å². The molecule has 0 aliphatic carbocycles. The van der Waals surface area contributed by atoms with Gasteiger partial charge in [-0.1, -0.05) is 35.3 Å². The Morgan fingerprint density at radius 1 is 1.15 bits per heavy atom. The van der Waals surface area contributed by atoms with Crippen LogP contribution in [0.25, 0.3) is 0 Å². The minimum Gasteiger partial charge on any atom is -0.350 e. The molecule has 4 nitrogen and oxygen atoms in total. The topological polar surface area (TPSA) is 49.4 Å². The molecule has 0 radical (unpaired) electrons. The minimum absolute atomic E-state index is 0.238. The molecule has 1 aliphatic heterocycles. The second-order valence-electron chi connectivity index (χ2n) is 6.13. The van der Waals surface area contributed by atoms with E-state index < -0.39 is 6.04 Å². The van der Waals surface area contributed by atoms with E-state index in [4.69, 9.17) is 23.2 Å². The lowest BCUT2D eigenvalue weighted by Crippen LogP contribution is -2.45. The molecule has 1 aliphatic rings. The van der Waals surface area contributed by atoms with Gasteiger partial charge in [-0.3, -0.25) is 9.59 Å². The average Bonchev–Trinajstić information content (AvgIpc) is 3.12. The van der Waals surface area contributed by atoms with Crippen molar-refractivity contribution in [1.82, 2.24) is 10.2 Å². The van der Waals surface area contributed by atoms with Crippen LogP contribution in [0.2, 0.25) is 10.0 Å². The Kier molecular flexibility index (Phi) is 5.79. The molecule has 1 fully saturated rings. The number of hydrogen-bond donors (Lipinski definition) is 1. The third-order valence-corrected chi connectivity index (χ3v) is 4.92. The van der Waals surface area contributed by atoms with E-state index in [-0.39, 0.29) is 29.7 Å². The van der Waals surface area contributed by atoms with E-state index in [1.165, 1.54) is 23.1 Å². The fourth-order valence-corrected chi connectivity index (χ4v) is 3.38. The van der Waals surface area contributed by atoms with Gasteiger partial charge in [0, 0.05) is 18.1 Å². The summed E-state index contributed by atoms with van der Waals surface area (Å²) in [5, 5.41) is 3.52. The van der Waals surface area contributed by atoms with E-state index in [0.717, 1.165) is 12.0 Å². The molecule has 136 valence electrons. The number of amides is 2. The number of benzene rings is 2. The number of halogens is 3. The molecule has 0 aromatic heterocycles. The Labute approximate surface area is 160 Å². The number of likely N-dealkylation sites (tertiary alicyclic amines) is 1. The predicted molar refractivity (Wildman–Crippen MR) is 98.8 cm³/mol. The summed E-state index contributed by atoms with van der Waals surface area (Å²) < 4.78 is 12.9. The highest BCUT2D eigenvalue weighted by molar-refractivity contribution is 6.35. The highest BCUT2D eigenvalue weighted by atomic mass is 35.5. The van der Waals surface area contributed by atoms with Gasteiger partial charge in [0.1, 0.15) is 11.9 Å². The van der Waals surface area contributed by atoms with Crippen LogP contribution in [0.15, 0.2) is 42.5 Å². The Bertz CT molecular complexity index is 827. The zero-order valence-electron chi connectivity index (χ0n) is 13.8. The fourth-order valence-electron chi connectivity index (χ4n) is 3.01. The first-order valence-corrected chi connectivity index (χ1v) is 8.99. The van der Waals surface area contributed by atoms with Gasteiger partial charge in [-0.2, -0.15) is 0 Å². The van der Waals surface area contributed by atoms with Gasteiger partial charge in [-0.25, -0.2) is 4.39 Å². The molecule has 0 bridgehead atoms. The molecule has 0 saturated carbocycles. The van der Waals surface area contributed by atoms with Gasteiger partial charge in [0.05, 0.1) is 10.6 Å². The molecule has 0 spiro atoms. The third kappa shape index (κ3) is 4.17. The van der Waals surface area contributed by atoms with Crippen molar-refractivity contribution in [3.63, 3.8) is 0 Å². The molecule has 1 N–H and O–H groups in total. The smallest absolute Gasteiger partial charge is 0.256 e. The number of nitrogens with one attached hydrogen (secondary N) is 1. The maximum Gasteiger partial charge on any atom is 0.256 e. The van der Waals surface area contributed by atoms with Gasteiger partial charge in [-0.15, -0.1) is 0 Å². The highest BCUT2D eigenvalue weighted by Gasteiger charge is 2.35. The molecule has 1 saturated heterocycles. The van der Waals surface area contributed by atoms with E-state index >= 15 is 0 Å². The molecule has 1 atom stereocenters. The van der Waals surface area contributed by atoms with Crippen molar-refractivity contribution in [3.05, 3.63) is 69.5 Å². The first-order chi connectivity index (χ1) is 12.5. The van der Waals surface area contributed by atoms with E-state index in [0.29, 0.717) is 23.0 Å². The van der Waals surface area contributed by atoms with Crippen LogP contribution in [0.1, 0.15) is 28.8 Å². The summed E-state index contributed by atoms with van der Waals surface area (Å²) >= 11 is 12.1. The van der Waals surface area contributed by atoms with Crippen molar-refractivity contribution in [3.8, 4) is 0 Å². The van der Waals surface area contributed by atoms with E-state index in [1.54, 1.807) is 24.3 Å². The Balaban J connectivity index is 1.68. The lowest BCUT2D eigenvalue weighted by molar-refractivity contribution is -0.125. The van der Waals surface area contributed by atoms with Crippen LogP contribution < -0.4 is 5.32 Å². The fraction of sp³-hybridized carbons (Fsp3) is 0.263. The lowest BCUT2D eigenvalue weighted by Gasteiger charge is -2.24. The van der Waals surface area contributed by atoms with E-state index in [2.05, 4.69) is 5.32 Å². The monoisotopic (exact) mass is 394 g/mol. The summed E-state index contributed by atoms with van der Waals surface area (Å²) in [7, 11) is 0. The van der Waals surface area contributed by atoms with Crippen molar-refractivity contribution < 1.29 is 14.0 Å². The molecule has 1 unspecified atom stereocenters. The SMILES string of the molecule is O=C(NCc1ccc(F)cc1)C1CCCN1C(=O)c1cc(Cl)ccc1Cl. The Hall–Kier alpha value is -2.11. The molecular weight excluding hydrogens is 378 g/mol. The first kappa shape index (κ1) is 18.7. The zero-order valence-corrected chi connectivity index (χ0v) is 15.4. The molecule has 3 rings (SSSR count). The molecule has 2 amide bonds. The summed E-state index contributed by atoms with van der Waals surface area (Å²) in [5.41, 5.74) is 1.07. The maximum atomic E-state index is 12.9. The van der Waals surface area contributed by atoms with Crippen LogP contribution >= 0.6 is 23.2 Å². The van der Waals surface area contributed by atoms with Crippen LogP contribution in [0.5, 0.6) is 0 Å². The van der Waals surface area contributed by atoms with Crippen LogP contribution in [0.4, 0.5) is 4.39 Å². The van der Waals surface area contributed by atoms with Gasteiger partial charge >= 0.3 is 0 Å². The highest BCUT2D eigenvalue weighted by Crippen LogP contribution is 2.26. The summed E-state index contributed by atoms with van der Waals surface area (Å²) in [6.07, 6.45) is 1.32. The summed E-state index contributed by atoms with van der Waals surface area (Å²) in [6, 6.07) is 10.0. The first-order valence-electron chi connectivity index (χ1n) is 8.24. The number of rotatable bonds is 4. The lowest BCUT2D eigenvalue weighted by atomic mass is 10.1. The number of carbonyl (C=O) groups is 2. The number of nitrogens with zero attached hydrogens (tertiary/aromatic N) is 1. The molecule has 26 heavy (non-hydrogen) atoms. The van der Waals surface area contributed by atoms with Crippen molar-refractivity contribution in [1.29, 1.82) is 0 Å². The summed E-state index contributed by atoms with van der Waals surface area (Å²) in [5.74, 6) is -0.874. The van der Waals surface area contributed by atoms with E-state index in [1.807, 2.05) is 0 Å². The van der Waals surface area contributed by atoms with Crippen molar-refractivity contribution >= 4 is 35.0 Å².